The van der Waals surface area contributed by atoms with Crippen LogP contribution in [0, 0.1) is 24.0 Å². The third kappa shape index (κ3) is 4.63. The number of ether oxygens (including phenoxy) is 1. The average molecular weight is 628 g/mol. The fourth-order valence-electron chi connectivity index (χ4n) is 7.64. The second-order valence-corrected chi connectivity index (χ2v) is 12.8. The number of alkyl halides is 1. The number of anilines is 1. The zero-order chi connectivity index (χ0) is 31.6. The Hall–Kier alpha value is -4.47. The van der Waals surface area contributed by atoms with Gasteiger partial charge in [0.05, 0.1) is 29.1 Å². The minimum absolute atomic E-state index is 0.0201. The Morgan fingerprint density at radius 3 is 2.87 bits per heavy atom. The third-order valence-electron chi connectivity index (χ3n) is 10.1. The molecule has 236 valence electrons. The summed E-state index contributed by atoms with van der Waals surface area (Å²) in [5.74, 6) is 1.46. The Labute approximate surface area is 263 Å². The van der Waals surface area contributed by atoms with Crippen LogP contribution in [-0.2, 0) is 18.6 Å². The van der Waals surface area contributed by atoms with E-state index in [1.165, 1.54) is 24.4 Å². The van der Waals surface area contributed by atoms with Crippen molar-refractivity contribution in [1.29, 1.82) is 0 Å². The van der Waals surface area contributed by atoms with Gasteiger partial charge in [0.1, 0.15) is 41.2 Å². The summed E-state index contributed by atoms with van der Waals surface area (Å²) in [4.78, 5) is 17.9. The number of aliphatic hydroxyl groups is 1. The van der Waals surface area contributed by atoms with Gasteiger partial charge >= 0.3 is 6.01 Å². The summed E-state index contributed by atoms with van der Waals surface area (Å²) < 4.78 is 53.3. The average Bonchev–Trinajstić information content (AvgIpc) is 3.76. The van der Waals surface area contributed by atoms with E-state index in [2.05, 4.69) is 25.9 Å². The number of rotatable bonds is 7. The van der Waals surface area contributed by atoms with Gasteiger partial charge in [-0.05, 0) is 55.1 Å². The molecule has 8 rings (SSSR count). The molecular weight excluding hydrogens is 595 g/mol. The molecule has 3 fully saturated rings. The number of terminal acetylenes is 1. The van der Waals surface area contributed by atoms with Crippen molar-refractivity contribution in [2.75, 3.05) is 31.1 Å². The number of halogens is 3. The number of fused-ring (bicyclic) bond motifs is 3. The molecule has 0 saturated carbocycles. The predicted molar refractivity (Wildman–Crippen MR) is 165 cm³/mol. The van der Waals surface area contributed by atoms with Crippen LogP contribution in [-0.4, -0.2) is 78.7 Å². The molecule has 0 amide bonds. The summed E-state index contributed by atoms with van der Waals surface area (Å²) in [7, 11) is 0. The van der Waals surface area contributed by atoms with E-state index in [1.807, 2.05) is 21.8 Å². The largest absolute Gasteiger partial charge is 0.461 e. The van der Waals surface area contributed by atoms with Crippen molar-refractivity contribution in [2.45, 2.75) is 62.0 Å². The van der Waals surface area contributed by atoms with Gasteiger partial charge in [0.2, 0.25) is 0 Å². The van der Waals surface area contributed by atoms with Crippen LogP contribution in [0.25, 0.3) is 17.0 Å². The van der Waals surface area contributed by atoms with E-state index in [9.17, 15) is 13.9 Å². The van der Waals surface area contributed by atoms with E-state index in [0.717, 1.165) is 25.8 Å². The van der Waals surface area contributed by atoms with E-state index in [-0.39, 0.29) is 41.9 Å². The van der Waals surface area contributed by atoms with Crippen molar-refractivity contribution in [3.05, 3.63) is 76.9 Å². The molecule has 6 heterocycles. The summed E-state index contributed by atoms with van der Waals surface area (Å²) in [6.07, 6.45) is 15.6. The van der Waals surface area contributed by atoms with E-state index in [1.54, 1.807) is 12.3 Å². The molecule has 0 spiro atoms. The molecule has 3 saturated heterocycles. The second kappa shape index (κ2) is 10.8. The molecule has 1 N–H and O–H groups in total. The van der Waals surface area contributed by atoms with Crippen LogP contribution < -0.4 is 9.64 Å². The van der Waals surface area contributed by atoms with Gasteiger partial charge in [-0.1, -0.05) is 18.1 Å². The molecule has 3 aromatic heterocycles. The lowest BCUT2D eigenvalue weighted by molar-refractivity contribution is 0.0804. The standard InChI is InChI=1S/C34H32F3N7O2/c1-2-24-25-7-10-34(45,15-21(25)5-6-27(24)36)30-28(37)29-26(31(41-30)44-14-8-23(44)19-43-13-4-11-39-43)17-38-32(40-29)46-20-33-9-3-12-42(33)18-22(35)16-33/h1,4-7,10-11,13,17,22-23,45H,3,8-9,12,14-16,18-20H2/t22-,23-,33+,34?/m1/s1. The van der Waals surface area contributed by atoms with Crippen LogP contribution in [0.2, 0.25) is 0 Å². The normalized spacial score (nSPS) is 27.0. The maximum Gasteiger partial charge on any atom is 0.317 e. The smallest absolute Gasteiger partial charge is 0.317 e. The van der Waals surface area contributed by atoms with Gasteiger partial charge in [-0.2, -0.15) is 10.1 Å². The summed E-state index contributed by atoms with van der Waals surface area (Å²) in [5, 5.41) is 16.7. The molecule has 1 aromatic carbocycles. The van der Waals surface area contributed by atoms with Crippen molar-refractivity contribution in [1.82, 2.24) is 29.6 Å². The number of benzene rings is 1. The zero-order valence-corrected chi connectivity index (χ0v) is 25.0. The van der Waals surface area contributed by atoms with Crippen molar-refractivity contribution in [3.8, 4) is 18.4 Å². The molecule has 9 nitrogen and oxygen atoms in total. The summed E-state index contributed by atoms with van der Waals surface area (Å²) >= 11 is 0. The molecule has 12 heteroatoms. The predicted octanol–water partition coefficient (Wildman–Crippen LogP) is 4.17. The van der Waals surface area contributed by atoms with Crippen LogP contribution in [0.1, 0.15) is 48.1 Å². The lowest BCUT2D eigenvalue weighted by Gasteiger charge is -2.43. The SMILES string of the molecule is C#Cc1c(F)ccc2c1C=CC(O)(c1nc(N3CC[C@@H]3Cn3cccn3)c3cnc(OC[C@@]45CCCN4C[C@H](F)C5)nc3c1F)C2. The third-order valence-corrected chi connectivity index (χ3v) is 10.1. The van der Waals surface area contributed by atoms with Crippen LogP contribution >= 0.6 is 0 Å². The van der Waals surface area contributed by atoms with Gasteiger partial charge in [0.25, 0.3) is 0 Å². The molecule has 1 unspecified atom stereocenters. The maximum absolute atomic E-state index is 16.7. The van der Waals surface area contributed by atoms with E-state index < -0.39 is 28.9 Å². The first-order valence-corrected chi connectivity index (χ1v) is 15.6. The number of pyridine rings is 1. The molecule has 4 atom stereocenters. The Balaban J connectivity index is 1.20. The van der Waals surface area contributed by atoms with Gasteiger partial charge < -0.3 is 14.7 Å². The Morgan fingerprint density at radius 2 is 2.09 bits per heavy atom. The molecule has 4 aliphatic rings. The van der Waals surface area contributed by atoms with E-state index >= 15 is 4.39 Å². The molecule has 0 bridgehead atoms. The molecule has 0 radical (unpaired) electrons. The van der Waals surface area contributed by atoms with Crippen molar-refractivity contribution in [2.24, 2.45) is 0 Å². The van der Waals surface area contributed by atoms with Gasteiger partial charge in [-0.3, -0.25) is 9.58 Å². The molecule has 4 aromatic rings. The van der Waals surface area contributed by atoms with Gasteiger partial charge in [-0.25, -0.2) is 23.1 Å². The van der Waals surface area contributed by atoms with Gasteiger partial charge in [0, 0.05) is 44.5 Å². The number of aromatic nitrogens is 5. The zero-order valence-electron chi connectivity index (χ0n) is 25.0. The molecular formula is C34H32F3N7O2. The monoisotopic (exact) mass is 627 g/mol. The number of nitrogens with zero attached hydrogens (tertiary/aromatic N) is 7. The maximum atomic E-state index is 16.7. The number of hydrogen-bond acceptors (Lipinski definition) is 8. The van der Waals surface area contributed by atoms with Crippen LogP contribution in [0.3, 0.4) is 0 Å². The van der Waals surface area contributed by atoms with E-state index in [0.29, 0.717) is 48.4 Å². The highest BCUT2D eigenvalue weighted by molar-refractivity contribution is 5.91. The first-order chi connectivity index (χ1) is 22.3. The first-order valence-electron chi connectivity index (χ1n) is 15.6. The summed E-state index contributed by atoms with van der Waals surface area (Å²) in [6.45, 7) is 2.64. The molecule has 1 aliphatic carbocycles. The quantitative estimate of drug-likeness (QED) is 0.306. The van der Waals surface area contributed by atoms with Crippen molar-refractivity contribution in [3.63, 3.8) is 0 Å². The topological polar surface area (TPSA) is 92.4 Å². The van der Waals surface area contributed by atoms with Crippen LogP contribution in [0.5, 0.6) is 6.01 Å². The van der Waals surface area contributed by atoms with Crippen LogP contribution in [0.4, 0.5) is 19.0 Å². The second-order valence-electron chi connectivity index (χ2n) is 12.8. The van der Waals surface area contributed by atoms with Crippen LogP contribution in [0.15, 0.2) is 42.9 Å². The molecule has 3 aliphatic heterocycles. The van der Waals surface area contributed by atoms with Gasteiger partial charge in [-0.15, -0.1) is 6.42 Å². The summed E-state index contributed by atoms with van der Waals surface area (Å²) in [5.41, 5.74) is -1.43. The van der Waals surface area contributed by atoms with Crippen molar-refractivity contribution >= 4 is 22.8 Å². The Kier molecular flexibility index (Phi) is 6.81. The minimum Gasteiger partial charge on any atom is -0.461 e. The highest BCUT2D eigenvalue weighted by Gasteiger charge is 2.49. The van der Waals surface area contributed by atoms with E-state index in [4.69, 9.17) is 16.1 Å². The highest BCUT2D eigenvalue weighted by Crippen LogP contribution is 2.42. The molecule has 46 heavy (non-hydrogen) atoms. The highest BCUT2D eigenvalue weighted by atomic mass is 19.1. The number of hydrogen-bond donors (Lipinski definition) is 1. The lowest BCUT2D eigenvalue weighted by atomic mass is 9.81. The Bertz CT molecular complexity index is 1910. The Morgan fingerprint density at radius 1 is 1.20 bits per heavy atom. The fourth-order valence-corrected chi connectivity index (χ4v) is 7.64. The lowest BCUT2D eigenvalue weighted by Crippen LogP contribution is -2.51. The first kappa shape index (κ1) is 29.0. The minimum atomic E-state index is -1.87. The fraction of sp³-hybridized carbons (Fsp3) is 0.412. The van der Waals surface area contributed by atoms with Crippen molar-refractivity contribution < 1.29 is 23.0 Å². The van der Waals surface area contributed by atoms with Gasteiger partial charge in [0.15, 0.2) is 5.82 Å². The summed E-state index contributed by atoms with van der Waals surface area (Å²) in [6, 6.07) is 4.64.